The maximum atomic E-state index is 12.5. The molecule has 2 nitrogen and oxygen atoms in total. The van der Waals surface area contributed by atoms with Gasteiger partial charge in [0, 0.05) is 6.04 Å². The van der Waals surface area contributed by atoms with Crippen LogP contribution in [0.5, 0.6) is 0 Å². The van der Waals surface area contributed by atoms with Crippen LogP contribution in [-0.4, -0.2) is 11.1 Å². The third-order valence-electron chi connectivity index (χ3n) is 2.40. The molecule has 0 aromatic heterocycles. The standard InChI is InChI=1S/C11H14F3NO/c1-6-5-8(10(16)7(2)15)3-4-9(6)11(12,13)14/h3-5,7,10,16H,15H2,1-2H3/t7-,10-/m1/s1. The highest BCUT2D eigenvalue weighted by Gasteiger charge is 2.32. The average molecular weight is 233 g/mol. The summed E-state index contributed by atoms with van der Waals surface area (Å²) < 4.78 is 37.4. The third kappa shape index (κ3) is 2.74. The van der Waals surface area contributed by atoms with Crippen molar-refractivity contribution in [3.05, 3.63) is 34.9 Å². The summed E-state index contributed by atoms with van der Waals surface area (Å²) in [4.78, 5) is 0. The summed E-state index contributed by atoms with van der Waals surface area (Å²) in [7, 11) is 0. The summed E-state index contributed by atoms with van der Waals surface area (Å²) in [5.74, 6) is 0. The first-order chi connectivity index (χ1) is 7.23. The van der Waals surface area contributed by atoms with E-state index in [1.165, 1.54) is 19.1 Å². The summed E-state index contributed by atoms with van der Waals surface area (Å²) in [6, 6.07) is 3.02. The van der Waals surface area contributed by atoms with Gasteiger partial charge in [0.25, 0.3) is 0 Å². The molecule has 0 radical (unpaired) electrons. The number of nitrogens with two attached hydrogens (primary N) is 1. The van der Waals surface area contributed by atoms with Gasteiger partial charge in [-0.2, -0.15) is 13.2 Å². The molecule has 0 saturated heterocycles. The monoisotopic (exact) mass is 233 g/mol. The molecule has 0 bridgehead atoms. The highest BCUT2D eigenvalue weighted by atomic mass is 19.4. The van der Waals surface area contributed by atoms with Gasteiger partial charge in [-0.15, -0.1) is 0 Å². The zero-order chi connectivity index (χ0) is 12.5. The number of alkyl halides is 3. The van der Waals surface area contributed by atoms with E-state index in [4.69, 9.17) is 5.73 Å². The number of hydrogen-bond donors (Lipinski definition) is 2. The van der Waals surface area contributed by atoms with Gasteiger partial charge >= 0.3 is 6.18 Å². The first kappa shape index (κ1) is 13.0. The molecule has 0 amide bonds. The minimum atomic E-state index is -4.36. The van der Waals surface area contributed by atoms with Gasteiger partial charge in [-0.25, -0.2) is 0 Å². The van der Waals surface area contributed by atoms with E-state index in [1.54, 1.807) is 6.92 Å². The summed E-state index contributed by atoms with van der Waals surface area (Å²) >= 11 is 0. The zero-order valence-corrected chi connectivity index (χ0v) is 9.05. The van der Waals surface area contributed by atoms with E-state index < -0.39 is 23.9 Å². The van der Waals surface area contributed by atoms with Gasteiger partial charge in [0.2, 0.25) is 0 Å². The van der Waals surface area contributed by atoms with Crippen molar-refractivity contribution in [3.63, 3.8) is 0 Å². The number of aliphatic hydroxyl groups excluding tert-OH is 1. The van der Waals surface area contributed by atoms with Crippen molar-refractivity contribution in [3.8, 4) is 0 Å². The molecule has 0 fully saturated rings. The minimum absolute atomic E-state index is 0.0877. The molecular weight excluding hydrogens is 219 g/mol. The van der Waals surface area contributed by atoms with Crippen LogP contribution in [-0.2, 0) is 6.18 Å². The van der Waals surface area contributed by atoms with Gasteiger partial charge in [0.05, 0.1) is 11.7 Å². The molecular formula is C11H14F3NO. The molecule has 0 aliphatic carbocycles. The van der Waals surface area contributed by atoms with E-state index in [1.807, 2.05) is 0 Å². The third-order valence-corrected chi connectivity index (χ3v) is 2.40. The van der Waals surface area contributed by atoms with Crippen LogP contribution in [0.2, 0.25) is 0 Å². The first-order valence-electron chi connectivity index (χ1n) is 4.85. The normalized spacial score (nSPS) is 15.9. The van der Waals surface area contributed by atoms with Crippen LogP contribution in [0, 0.1) is 6.92 Å². The Balaban J connectivity index is 3.09. The minimum Gasteiger partial charge on any atom is -0.387 e. The predicted molar refractivity (Wildman–Crippen MR) is 54.8 cm³/mol. The first-order valence-corrected chi connectivity index (χ1v) is 4.85. The molecule has 0 saturated carbocycles. The van der Waals surface area contributed by atoms with Crippen molar-refractivity contribution in [2.24, 2.45) is 5.73 Å². The molecule has 1 aromatic carbocycles. The lowest BCUT2D eigenvalue weighted by atomic mass is 9.98. The number of hydrogen-bond acceptors (Lipinski definition) is 2. The van der Waals surface area contributed by atoms with E-state index in [0.717, 1.165) is 6.07 Å². The lowest BCUT2D eigenvalue weighted by Gasteiger charge is -2.17. The molecule has 2 atom stereocenters. The van der Waals surface area contributed by atoms with Gasteiger partial charge in [-0.1, -0.05) is 12.1 Å². The lowest BCUT2D eigenvalue weighted by Crippen LogP contribution is -2.24. The van der Waals surface area contributed by atoms with Crippen LogP contribution >= 0.6 is 0 Å². The smallest absolute Gasteiger partial charge is 0.387 e. The fourth-order valence-corrected chi connectivity index (χ4v) is 1.49. The van der Waals surface area contributed by atoms with Crippen LogP contribution in [0.25, 0.3) is 0 Å². The average Bonchev–Trinajstić information content (AvgIpc) is 2.14. The van der Waals surface area contributed by atoms with Crippen molar-refractivity contribution in [1.82, 2.24) is 0 Å². The largest absolute Gasteiger partial charge is 0.416 e. The van der Waals surface area contributed by atoms with E-state index in [2.05, 4.69) is 0 Å². The number of rotatable bonds is 2. The second-order valence-corrected chi connectivity index (χ2v) is 3.88. The maximum Gasteiger partial charge on any atom is 0.416 e. The second-order valence-electron chi connectivity index (χ2n) is 3.88. The Bertz CT molecular complexity index is 374. The molecule has 0 heterocycles. The fraction of sp³-hybridized carbons (Fsp3) is 0.455. The highest BCUT2D eigenvalue weighted by Crippen LogP contribution is 2.33. The van der Waals surface area contributed by atoms with Crippen LogP contribution in [0.3, 0.4) is 0 Å². The Kier molecular flexibility index (Phi) is 3.60. The Hall–Kier alpha value is -1.07. The molecule has 0 spiro atoms. The van der Waals surface area contributed by atoms with Crippen LogP contribution in [0.1, 0.15) is 29.7 Å². The van der Waals surface area contributed by atoms with Crippen molar-refractivity contribution in [1.29, 1.82) is 0 Å². The van der Waals surface area contributed by atoms with E-state index in [9.17, 15) is 18.3 Å². The predicted octanol–water partition coefficient (Wildman–Crippen LogP) is 2.39. The SMILES string of the molecule is Cc1cc([C@H](O)[C@@H](C)N)ccc1C(F)(F)F. The molecule has 90 valence electrons. The van der Waals surface area contributed by atoms with Gasteiger partial charge in [-0.05, 0) is 31.0 Å². The molecule has 0 unspecified atom stereocenters. The van der Waals surface area contributed by atoms with Gasteiger partial charge in [0.1, 0.15) is 0 Å². The maximum absolute atomic E-state index is 12.5. The second kappa shape index (κ2) is 4.43. The Morgan fingerprint density at radius 2 is 1.88 bits per heavy atom. The quantitative estimate of drug-likeness (QED) is 0.823. The number of aliphatic hydroxyl groups is 1. The van der Waals surface area contributed by atoms with Gasteiger partial charge < -0.3 is 10.8 Å². The van der Waals surface area contributed by atoms with E-state index >= 15 is 0 Å². The number of aryl methyl sites for hydroxylation is 1. The fourth-order valence-electron chi connectivity index (χ4n) is 1.49. The van der Waals surface area contributed by atoms with E-state index in [-0.39, 0.29) is 5.56 Å². The van der Waals surface area contributed by atoms with Crippen LogP contribution in [0.4, 0.5) is 13.2 Å². The number of benzene rings is 1. The molecule has 1 aromatic rings. The molecule has 0 aliphatic rings. The van der Waals surface area contributed by atoms with Crippen LogP contribution < -0.4 is 5.73 Å². The Labute approximate surface area is 91.9 Å². The van der Waals surface area contributed by atoms with E-state index in [0.29, 0.717) is 5.56 Å². The van der Waals surface area contributed by atoms with Crippen molar-refractivity contribution in [2.75, 3.05) is 0 Å². The topological polar surface area (TPSA) is 46.2 Å². The lowest BCUT2D eigenvalue weighted by molar-refractivity contribution is -0.138. The molecule has 16 heavy (non-hydrogen) atoms. The van der Waals surface area contributed by atoms with Crippen molar-refractivity contribution in [2.45, 2.75) is 32.2 Å². The molecule has 3 N–H and O–H groups in total. The Morgan fingerprint density at radius 3 is 2.25 bits per heavy atom. The van der Waals surface area contributed by atoms with Crippen LogP contribution in [0.15, 0.2) is 18.2 Å². The van der Waals surface area contributed by atoms with Crippen molar-refractivity contribution < 1.29 is 18.3 Å². The summed E-state index contributed by atoms with van der Waals surface area (Å²) in [5.41, 5.74) is 5.27. The summed E-state index contributed by atoms with van der Waals surface area (Å²) in [6.45, 7) is 2.96. The molecule has 0 aliphatic heterocycles. The Morgan fingerprint density at radius 1 is 1.31 bits per heavy atom. The zero-order valence-electron chi connectivity index (χ0n) is 9.05. The van der Waals surface area contributed by atoms with Crippen molar-refractivity contribution >= 4 is 0 Å². The summed E-state index contributed by atoms with van der Waals surface area (Å²) in [6.07, 6.45) is -5.30. The van der Waals surface area contributed by atoms with Gasteiger partial charge in [0.15, 0.2) is 0 Å². The van der Waals surface area contributed by atoms with Gasteiger partial charge in [-0.3, -0.25) is 0 Å². The number of halogens is 3. The molecule has 5 heteroatoms. The summed E-state index contributed by atoms with van der Waals surface area (Å²) in [5, 5.41) is 9.61. The molecule has 1 rings (SSSR count). The highest BCUT2D eigenvalue weighted by molar-refractivity contribution is 5.34.